The molecule has 0 N–H and O–H groups in total. The summed E-state index contributed by atoms with van der Waals surface area (Å²) in [4.78, 5) is 15.2. The van der Waals surface area contributed by atoms with Gasteiger partial charge in [-0.15, -0.1) is 0 Å². The lowest BCUT2D eigenvalue weighted by atomic mass is 10.2. The number of nitrogens with zero attached hydrogens (tertiary/aromatic N) is 5. The highest BCUT2D eigenvalue weighted by molar-refractivity contribution is 5.54. The molecule has 0 spiro atoms. The first-order chi connectivity index (χ1) is 12.2. The van der Waals surface area contributed by atoms with Gasteiger partial charge in [-0.05, 0) is 36.8 Å². The van der Waals surface area contributed by atoms with E-state index in [1.165, 1.54) is 5.56 Å². The molecule has 0 unspecified atom stereocenters. The lowest BCUT2D eigenvalue weighted by molar-refractivity contribution is 0.199. The zero-order valence-corrected chi connectivity index (χ0v) is 14.6. The van der Waals surface area contributed by atoms with Crippen LogP contribution in [0.1, 0.15) is 17.1 Å². The van der Waals surface area contributed by atoms with Crippen molar-refractivity contribution in [2.45, 2.75) is 19.9 Å². The molecule has 0 aliphatic carbocycles. The molecule has 130 valence electrons. The molecule has 7 heteroatoms. The SMILES string of the molecule is COCCc1noc(-c2ccc(N(C)Cc3ccnc(C)c3)nc2)n1. The maximum absolute atomic E-state index is 5.28. The Bertz CT molecular complexity index is 816. The minimum Gasteiger partial charge on any atom is -0.384 e. The van der Waals surface area contributed by atoms with Gasteiger partial charge >= 0.3 is 0 Å². The molecular weight excluding hydrogens is 318 g/mol. The summed E-state index contributed by atoms with van der Waals surface area (Å²) in [5, 5.41) is 3.94. The van der Waals surface area contributed by atoms with Gasteiger partial charge in [0.1, 0.15) is 5.82 Å². The summed E-state index contributed by atoms with van der Waals surface area (Å²) in [6.07, 6.45) is 4.20. The number of aromatic nitrogens is 4. The number of hydrogen-bond donors (Lipinski definition) is 0. The molecule has 0 atom stereocenters. The first-order valence-electron chi connectivity index (χ1n) is 8.06. The number of pyridine rings is 2. The van der Waals surface area contributed by atoms with Gasteiger partial charge in [0.05, 0.1) is 12.2 Å². The zero-order chi connectivity index (χ0) is 17.6. The standard InChI is InChI=1S/C18H21N5O2/c1-13-10-14(6-8-19-13)12-23(2)17-5-4-15(11-20-17)18-21-16(22-25-18)7-9-24-3/h4-6,8,10-11H,7,9,12H2,1-3H3. The van der Waals surface area contributed by atoms with Crippen LogP contribution in [0, 0.1) is 6.92 Å². The predicted octanol–water partition coefficient (Wildman–Crippen LogP) is 2.66. The fraction of sp³-hybridized carbons (Fsp3) is 0.333. The van der Waals surface area contributed by atoms with Crippen molar-refractivity contribution in [2.75, 3.05) is 25.7 Å². The third-order valence-corrected chi connectivity index (χ3v) is 3.76. The van der Waals surface area contributed by atoms with Crippen molar-refractivity contribution in [2.24, 2.45) is 0 Å². The van der Waals surface area contributed by atoms with E-state index in [-0.39, 0.29) is 0 Å². The van der Waals surface area contributed by atoms with Crippen LogP contribution in [-0.4, -0.2) is 40.9 Å². The highest BCUT2D eigenvalue weighted by atomic mass is 16.5. The molecule has 0 aromatic carbocycles. The largest absolute Gasteiger partial charge is 0.384 e. The van der Waals surface area contributed by atoms with Crippen LogP contribution in [0.5, 0.6) is 0 Å². The summed E-state index contributed by atoms with van der Waals surface area (Å²) in [6.45, 7) is 3.31. The summed E-state index contributed by atoms with van der Waals surface area (Å²) in [7, 11) is 3.65. The van der Waals surface area contributed by atoms with Gasteiger partial charge in [-0.1, -0.05) is 5.16 Å². The Balaban J connectivity index is 1.68. The fourth-order valence-corrected chi connectivity index (χ4v) is 2.46. The van der Waals surface area contributed by atoms with Crippen molar-refractivity contribution < 1.29 is 9.26 Å². The molecule has 3 aromatic heterocycles. The fourth-order valence-electron chi connectivity index (χ4n) is 2.46. The first kappa shape index (κ1) is 17.0. The number of hydrogen-bond acceptors (Lipinski definition) is 7. The van der Waals surface area contributed by atoms with E-state index < -0.39 is 0 Å². The van der Waals surface area contributed by atoms with Crippen molar-refractivity contribution in [1.29, 1.82) is 0 Å². The van der Waals surface area contributed by atoms with E-state index in [0.29, 0.717) is 24.7 Å². The number of aryl methyl sites for hydroxylation is 1. The maximum Gasteiger partial charge on any atom is 0.259 e. The third-order valence-electron chi connectivity index (χ3n) is 3.76. The summed E-state index contributed by atoms with van der Waals surface area (Å²) in [5.74, 6) is 1.97. The zero-order valence-electron chi connectivity index (χ0n) is 14.6. The quantitative estimate of drug-likeness (QED) is 0.655. The number of methoxy groups -OCH3 is 1. The summed E-state index contributed by atoms with van der Waals surface area (Å²) in [5.41, 5.74) is 3.00. The van der Waals surface area contributed by atoms with Gasteiger partial charge in [0.25, 0.3) is 5.89 Å². The molecule has 0 amide bonds. The summed E-state index contributed by atoms with van der Waals surface area (Å²) >= 11 is 0. The molecule has 0 saturated carbocycles. The van der Waals surface area contributed by atoms with E-state index in [4.69, 9.17) is 9.26 Å². The maximum atomic E-state index is 5.28. The smallest absolute Gasteiger partial charge is 0.259 e. The second-order valence-corrected chi connectivity index (χ2v) is 5.83. The number of anilines is 1. The molecule has 0 saturated heterocycles. The van der Waals surface area contributed by atoms with E-state index in [1.54, 1.807) is 13.3 Å². The van der Waals surface area contributed by atoms with E-state index >= 15 is 0 Å². The Labute approximate surface area is 146 Å². The minimum absolute atomic E-state index is 0.470. The average molecular weight is 339 g/mol. The molecule has 3 aromatic rings. The van der Waals surface area contributed by atoms with Crippen LogP contribution in [0.3, 0.4) is 0 Å². The van der Waals surface area contributed by atoms with Crippen molar-refractivity contribution in [3.8, 4) is 11.5 Å². The summed E-state index contributed by atoms with van der Waals surface area (Å²) < 4.78 is 10.3. The van der Waals surface area contributed by atoms with Gasteiger partial charge in [-0.25, -0.2) is 4.98 Å². The molecule has 0 aliphatic heterocycles. The second-order valence-electron chi connectivity index (χ2n) is 5.83. The molecule has 0 aliphatic rings. The highest BCUT2D eigenvalue weighted by Crippen LogP contribution is 2.20. The van der Waals surface area contributed by atoms with Crippen LogP contribution in [0.15, 0.2) is 41.2 Å². The Morgan fingerprint density at radius 2 is 2.08 bits per heavy atom. The second kappa shape index (κ2) is 7.85. The number of rotatable bonds is 7. The van der Waals surface area contributed by atoms with Gasteiger partial charge in [0.2, 0.25) is 0 Å². The van der Waals surface area contributed by atoms with Gasteiger partial charge in [0, 0.05) is 45.2 Å². The van der Waals surface area contributed by atoms with Crippen molar-refractivity contribution in [3.63, 3.8) is 0 Å². The van der Waals surface area contributed by atoms with E-state index in [1.807, 2.05) is 38.4 Å². The molecule has 0 bridgehead atoms. The van der Waals surface area contributed by atoms with Crippen molar-refractivity contribution in [3.05, 3.63) is 53.7 Å². The van der Waals surface area contributed by atoms with Gasteiger partial charge in [-0.2, -0.15) is 4.98 Å². The van der Waals surface area contributed by atoms with E-state index in [9.17, 15) is 0 Å². The minimum atomic E-state index is 0.470. The lowest BCUT2D eigenvalue weighted by Crippen LogP contribution is -2.17. The normalized spacial score (nSPS) is 10.8. The van der Waals surface area contributed by atoms with E-state index in [2.05, 4.69) is 31.1 Å². The Morgan fingerprint density at radius 3 is 2.80 bits per heavy atom. The highest BCUT2D eigenvalue weighted by Gasteiger charge is 2.10. The van der Waals surface area contributed by atoms with Crippen LogP contribution in [0.2, 0.25) is 0 Å². The average Bonchev–Trinajstić information content (AvgIpc) is 3.09. The predicted molar refractivity (Wildman–Crippen MR) is 94.2 cm³/mol. The van der Waals surface area contributed by atoms with Crippen LogP contribution in [0.25, 0.3) is 11.5 Å². The number of ether oxygens (including phenoxy) is 1. The third kappa shape index (κ3) is 4.39. The van der Waals surface area contributed by atoms with Gasteiger partial charge in [-0.3, -0.25) is 4.98 Å². The lowest BCUT2D eigenvalue weighted by Gasteiger charge is -2.18. The first-order valence-corrected chi connectivity index (χ1v) is 8.06. The van der Waals surface area contributed by atoms with E-state index in [0.717, 1.165) is 23.6 Å². The van der Waals surface area contributed by atoms with Crippen LogP contribution in [0.4, 0.5) is 5.82 Å². The Hall–Kier alpha value is -2.80. The molecule has 0 fully saturated rings. The molecule has 7 nitrogen and oxygen atoms in total. The van der Waals surface area contributed by atoms with Crippen molar-refractivity contribution >= 4 is 5.82 Å². The van der Waals surface area contributed by atoms with Gasteiger partial charge < -0.3 is 14.2 Å². The van der Waals surface area contributed by atoms with Crippen LogP contribution < -0.4 is 4.90 Å². The summed E-state index contributed by atoms with van der Waals surface area (Å²) in [6, 6.07) is 7.97. The Morgan fingerprint density at radius 1 is 1.20 bits per heavy atom. The van der Waals surface area contributed by atoms with Crippen LogP contribution in [-0.2, 0) is 17.7 Å². The molecule has 3 heterocycles. The molecule has 25 heavy (non-hydrogen) atoms. The Kier molecular flexibility index (Phi) is 5.35. The van der Waals surface area contributed by atoms with Crippen molar-refractivity contribution in [1.82, 2.24) is 20.1 Å². The molecule has 0 radical (unpaired) electrons. The molecular formula is C18H21N5O2. The monoisotopic (exact) mass is 339 g/mol. The van der Waals surface area contributed by atoms with Gasteiger partial charge in [0.15, 0.2) is 5.82 Å². The topological polar surface area (TPSA) is 77.2 Å². The van der Waals surface area contributed by atoms with Crippen LogP contribution >= 0.6 is 0 Å². The molecule has 3 rings (SSSR count).